The van der Waals surface area contributed by atoms with Gasteiger partial charge in [-0.2, -0.15) is 0 Å². The molecule has 2 aromatic heterocycles. The van der Waals surface area contributed by atoms with E-state index >= 15 is 0 Å². The van der Waals surface area contributed by atoms with E-state index < -0.39 is 0 Å². The van der Waals surface area contributed by atoms with Crippen molar-refractivity contribution in [1.29, 1.82) is 0 Å². The fraction of sp³-hybridized carbons (Fsp3) is 0.484. The summed E-state index contributed by atoms with van der Waals surface area (Å²) in [5.41, 5.74) is 11.5. The Morgan fingerprint density at radius 1 is 0.328 bits per heavy atom. The minimum absolute atomic E-state index is 0.316. The highest BCUT2D eigenvalue weighted by molar-refractivity contribution is 5.57. The van der Waals surface area contributed by atoms with Gasteiger partial charge in [-0.1, -0.05) is 227 Å². The van der Waals surface area contributed by atoms with Crippen LogP contribution in [0.1, 0.15) is 213 Å². The first-order valence-corrected chi connectivity index (χ1v) is 26.8. The van der Waals surface area contributed by atoms with Gasteiger partial charge in [0.25, 0.3) is 0 Å². The van der Waals surface area contributed by atoms with Crippen molar-refractivity contribution in [2.24, 2.45) is 0 Å². The molecule has 0 spiro atoms. The van der Waals surface area contributed by atoms with Gasteiger partial charge in [0.1, 0.15) is 12.2 Å². The first kappa shape index (κ1) is 51.4. The molecule has 0 aliphatic heterocycles. The van der Waals surface area contributed by atoms with Crippen LogP contribution >= 0.6 is 0 Å². The van der Waals surface area contributed by atoms with E-state index in [1.165, 1.54) is 140 Å². The molecule has 0 saturated heterocycles. The Balaban J connectivity index is 1.26. The zero-order chi connectivity index (χ0) is 46.7. The van der Waals surface area contributed by atoms with Gasteiger partial charge in [-0.3, -0.25) is 0 Å². The lowest BCUT2D eigenvalue weighted by molar-refractivity contribution is 0.0308. The summed E-state index contributed by atoms with van der Waals surface area (Å²) in [6, 6.07) is 40.1. The van der Waals surface area contributed by atoms with Crippen molar-refractivity contribution in [3.8, 4) is 22.8 Å². The van der Waals surface area contributed by atoms with E-state index in [0.29, 0.717) is 0 Å². The van der Waals surface area contributed by atoms with Crippen LogP contribution in [0.5, 0.6) is 0 Å². The van der Waals surface area contributed by atoms with Gasteiger partial charge in [0.15, 0.2) is 11.6 Å². The molecular formula is C62H82N4O. The molecule has 0 aliphatic carbocycles. The van der Waals surface area contributed by atoms with E-state index in [1.807, 2.05) is 12.4 Å². The quantitative estimate of drug-likeness (QED) is 0.0395. The summed E-state index contributed by atoms with van der Waals surface area (Å²) in [6.07, 6.45) is 32.9. The van der Waals surface area contributed by atoms with Crippen LogP contribution in [0, 0.1) is 0 Å². The zero-order valence-corrected chi connectivity index (χ0v) is 41.9. The molecular weight excluding hydrogens is 817 g/mol. The summed E-state index contributed by atoms with van der Waals surface area (Å²) in [5.74, 6) is 1.57. The number of rotatable bonds is 32. The molecule has 6 rings (SSSR count). The lowest BCUT2D eigenvalue weighted by Gasteiger charge is -2.27. The number of unbranched alkanes of at least 4 members (excludes halogenated alkanes) is 16. The number of hydrogen-bond acceptors (Lipinski definition) is 5. The van der Waals surface area contributed by atoms with Crippen LogP contribution in [0.2, 0.25) is 0 Å². The third-order valence-electron chi connectivity index (χ3n) is 13.4. The van der Waals surface area contributed by atoms with E-state index in [0.717, 1.165) is 82.1 Å². The molecule has 0 amide bonds. The van der Waals surface area contributed by atoms with Gasteiger partial charge >= 0.3 is 0 Å². The molecule has 2 heterocycles. The molecule has 67 heavy (non-hydrogen) atoms. The fourth-order valence-corrected chi connectivity index (χ4v) is 9.20. The van der Waals surface area contributed by atoms with Crippen LogP contribution in [0.4, 0.5) is 0 Å². The first-order valence-electron chi connectivity index (χ1n) is 26.8. The van der Waals surface area contributed by atoms with E-state index in [9.17, 15) is 0 Å². The molecule has 0 aliphatic rings. The predicted octanol–water partition coefficient (Wildman–Crippen LogP) is 17.5. The molecule has 0 radical (unpaired) electrons. The van der Waals surface area contributed by atoms with Gasteiger partial charge < -0.3 is 4.74 Å². The molecule has 0 bridgehead atoms. The van der Waals surface area contributed by atoms with E-state index in [4.69, 9.17) is 24.7 Å². The van der Waals surface area contributed by atoms with Crippen LogP contribution < -0.4 is 0 Å². The SMILES string of the molecule is CCCCCCCCCc1ccnc(-c2ccc(C(OC(c3ccc(CCCCC)cc3)c3ccc(-c4nccc(CCCCCCCCC)n4)cc3)c3ccc(CCCCC)cc3)cc2)n1. The molecule has 4 aromatic carbocycles. The first-order chi connectivity index (χ1) is 33.1. The van der Waals surface area contributed by atoms with Gasteiger partial charge in [-0.05, 0) is 96.9 Å². The van der Waals surface area contributed by atoms with Crippen molar-refractivity contribution < 1.29 is 4.74 Å². The van der Waals surface area contributed by atoms with Crippen molar-refractivity contribution in [1.82, 2.24) is 19.9 Å². The number of benzene rings is 4. The second-order valence-electron chi connectivity index (χ2n) is 19.0. The lowest BCUT2D eigenvalue weighted by Crippen LogP contribution is -2.14. The van der Waals surface area contributed by atoms with Crippen LogP contribution in [-0.2, 0) is 30.4 Å². The summed E-state index contributed by atoms with van der Waals surface area (Å²) in [6.45, 7) is 9.09. The van der Waals surface area contributed by atoms with Crippen LogP contribution in [0.3, 0.4) is 0 Å². The van der Waals surface area contributed by atoms with Crippen molar-refractivity contribution in [2.45, 2.75) is 194 Å². The molecule has 5 heteroatoms. The van der Waals surface area contributed by atoms with Crippen molar-refractivity contribution in [3.05, 3.63) is 166 Å². The van der Waals surface area contributed by atoms with Crippen LogP contribution in [-0.4, -0.2) is 19.9 Å². The fourth-order valence-electron chi connectivity index (χ4n) is 9.20. The Bertz CT molecular complexity index is 2070. The summed E-state index contributed by atoms with van der Waals surface area (Å²) in [7, 11) is 0. The van der Waals surface area contributed by atoms with Crippen LogP contribution in [0.25, 0.3) is 22.8 Å². The molecule has 6 aromatic rings. The maximum Gasteiger partial charge on any atom is 0.159 e. The third-order valence-corrected chi connectivity index (χ3v) is 13.4. The zero-order valence-electron chi connectivity index (χ0n) is 41.9. The standard InChI is InChI=1S/C62H82N4O/c1-5-9-13-15-17-19-23-27-57-45-47-63-61(65-57)55-41-37-53(38-42-55)59(51-33-29-49(30-34-51)25-21-11-7-3)67-60(52-35-31-50(32-36-52)26-22-12-8-4)54-39-43-56(44-40-54)62-64-48-46-58(66-62)28-24-20-18-16-14-10-6-2/h29-48,59-60H,5-28H2,1-4H3. The van der Waals surface area contributed by atoms with Crippen molar-refractivity contribution >= 4 is 0 Å². The van der Waals surface area contributed by atoms with E-state index in [-0.39, 0.29) is 12.2 Å². The molecule has 2 unspecified atom stereocenters. The maximum absolute atomic E-state index is 7.51. The summed E-state index contributed by atoms with van der Waals surface area (Å²) < 4.78 is 7.51. The molecule has 0 saturated carbocycles. The van der Waals surface area contributed by atoms with E-state index in [2.05, 4.69) is 137 Å². The Hall–Kier alpha value is -5.00. The summed E-state index contributed by atoms with van der Waals surface area (Å²) in [5, 5.41) is 0. The topological polar surface area (TPSA) is 60.8 Å². The predicted molar refractivity (Wildman–Crippen MR) is 282 cm³/mol. The molecule has 0 N–H and O–H groups in total. The Labute approximate surface area is 406 Å². The number of hydrogen-bond donors (Lipinski definition) is 0. The minimum Gasteiger partial charge on any atom is -0.356 e. The number of aryl methyl sites for hydroxylation is 4. The van der Waals surface area contributed by atoms with Gasteiger partial charge in [0, 0.05) is 34.9 Å². The lowest BCUT2D eigenvalue weighted by atomic mass is 9.95. The second kappa shape index (κ2) is 29.7. The van der Waals surface area contributed by atoms with Gasteiger partial charge in [0.05, 0.1) is 0 Å². The highest BCUT2D eigenvalue weighted by Crippen LogP contribution is 2.38. The number of nitrogens with zero attached hydrogens (tertiary/aromatic N) is 4. The maximum atomic E-state index is 7.51. The van der Waals surface area contributed by atoms with E-state index in [1.54, 1.807) is 0 Å². The average molecular weight is 899 g/mol. The Morgan fingerprint density at radius 2 is 0.627 bits per heavy atom. The van der Waals surface area contributed by atoms with Gasteiger partial charge in [-0.15, -0.1) is 0 Å². The summed E-state index contributed by atoms with van der Waals surface area (Å²) in [4.78, 5) is 19.5. The largest absolute Gasteiger partial charge is 0.356 e. The minimum atomic E-state index is -0.316. The van der Waals surface area contributed by atoms with Crippen molar-refractivity contribution in [2.75, 3.05) is 0 Å². The van der Waals surface area contributed by atoms with Crippen LogP contribution in [0.15, 0.2) is 122 Å². The monoisotopic (exact) mass is 899 g/mol. The molecule has 0 fully saturated rings. The summed E-state index contributed by atoms with van der Waals surface area (Å²) >= 11 is 0. The third kappa shape index (κ3) is 17.2. The second-order valence-corrected chi connectivity index (χ2v) is 19.0. The molecule has 2 atom stereocenters. The Kier molecular flexibility index (Phi) is 22.8. The average Bonchev–Trinajstić information content (AvgIpc) is 3.37. The molecule has 356 valence electrons. The number of ether oxygens (including phenoxy) is 1. The highest BCUT2D eigenvalue weighted by atomic mass is 16.5. The molecule has 5 nitrogen and oxygen atoms in total. The van der Waals surface area contributed by atoms with Gasteiger partial charge in [0.2, 0.25) is 0 Å². The normalized spacial score (nSPS) is 12.4. The Morgan fingerprint density at radius 3 is 0.985 bits per heavy atom. The van der Waals surface area contributed by atoms with Crippen molar-refractivity contribution in [3.63, 3.8) is 0 Å². The van der Waals surface area contributed by atoms with Gasteiger partial charge in [-0.25, -0.2) is 19.9 Å². The number of aromatic nitrogens is 4. The smallest absolute Gasteiger partial charge is 0.159 e. The highest BCUT2D eigenvalue weighted by Gasteiger charge is 2.24.